The van der Waals surface area contributed by atoms with Crippen LogP contribution in [0.5, 0.6) is 0 Å². The maximum absolute atomic E-state index is 13.1. The second kappa shape index (κ2) is 5.43. The van der Waals surface area contributed by atoms with Crippen LogP contribution in [0.4, 0.5) is 4.39 Å². The van der Waals surface area contributed by atoms with Crippen LogP contribution >= 0.6 is 0 Å². The van der Waals surface area contributed by atoms with Crippen molar-refractivity contribution in [2.45, 2.75) is 38.0 Å². The molecule has 5 atom stereocenters. The molecule has 1 heterocycles. The lowest BCUT2D eigenvalue weighted by Gasteiger charge is -2.32. The molecular formula is C16H23FN2O. The molecule has 1 aliphatic carbocycles. The Hall–Kier alpha value is -0.970. The van der Waals surface area contributed by atoms with Crippen molar-refractivity contribution in [2.75, 3.05) is 13.1 Å². The van der Waals surface area contributed by atoms with Crippen LogP contribution in [-0.2, 0) is 0 Å². The third kappa shape index (κ3) is 2.48. The first-order chi connectivity index (χ1) is 9.56. The number of halogens is 1. The van der Waals surface area contributed by atoms with Crippen molar-refractivity contribution in [3.05, 3.63) is 35.6 Å². The molecule has 1 saturated heterocycles. The molecule has 0 aromatic heterocycles. The van der Waals surface area contributed by atoms with E-state index in [0.29, 0.717) is 11.8 Å². The Labute approximate surface area is 119 Å². The normalized spacial score (nSPS) is 33.1. The summed E-state index contributed by atoms with van der Waals surface area (Å²) in [6, 6.07) is 6.74. The minimum absolute atomic E-state index is 0.0172. The SMILES string of the molecule is CC(N)C(c1ccc(F)cc1)N1CC2CCC(O)C2C1. The van der Waals surface area contributed by atoms with Gasteiger partial charge in [-0.1, -0.05) is 12.1 Å². The summed E-state index contributed by atoms with van der Waals surface area (Å²) < 4.78 is 13.1. The molecule has 2 aliphatic rings. The summed E-state index contributed by atoms with van der Waals surface area (Å²) >= 11 is 0. The number of rotatable bonds is 3. The molecule has 0 amide bonds. The molecule has 3 nitrogen and oxygen atoms in total. The van der Waals surface area contributed by atoms with E-state index in [0.717, 1.165) is 31.5 Å². The third-order valence-corrected chi connectivity index (χ3v) is 4.95. The van der Waals surface area contributed by atoms with Crippen LogP contribution in [0.25, 0.3) is 0 Å². The molecule has 110 valence electrons. The largest absolute Gasteiger partial charge is 0.393 e. The maximum Gasteiger partial charge on any atom is 0.123 e. The zero-order valence-electron chi connectivity index (χ0n) is 11.9. The second-order valence-electron chi connectivity index (χ2n) is 6.38. The van der Waals surface area contributed by atoms with Gasteiger partial charge in [0.15, 0.2) is 0 Å². The highest BCUT2D eigenvalue weighted by Gasteiger charge is 2.44. The highest BCUT2D eigenvalue weighted by atomic mass is 19.1. The molecule has 1 saturated carbocycles. The number of likely N-dealkylation sites (tertiary alicyclic amines) is 1. The molecule has 1 aromatic carbocycles. The number of aliphatic hydroxyl groups excluding tert-OH is 1. The summed E-state index contributed by atoms with van der Waals surface area (Å²) in [5.41, 5.74) is 7.24. The van der Waals surface area contributed by atoms with Crippen molar-refractivity contribution < 1.29 is 9.50 Å². The Balaban J connectivity index is 1.80. The monoisotopic (exact) mass is 278 g/mol. The summed E-state index contributed by atoms with van der Waals surface area (Å²) in [5.74, 6) is 0.759. The van der Waals surface area contributed by atoms with Crippen LogP contribution in [0.15, 0.2) is 24.3 Å². The van der Waals surface area contributed by atoms with Gasteiger partial charge in [-0.25, -0.2) is 4.39 Å². The van der Waals surface area contributed by atoms with Gasteiger partial charge in [0.05, 0.1) is 6.10 Å². The molecule has 0 spiro atoms. The molecular weight excluding hydrogens is 255 g/mol. The van der Waals surface area contributed by atoms with Gasteiger partial charge < -0.3 is 10.8 Å². The summed E-state index contributed by atoms with van der Waals surface area (Å²) in [5, 5.41) is 10.0. The molecule has 20 heavy (non-hydrogen) atoms. The van der Waals surface area contributed by atoms with E-state index in [2.05, 4.69) is 4.90 Å². The summed E-state index contributed by atoms with van der Waals surface area (Å²) in [6.45, 7) is 3.89. The Morgan fingerprint density at radius 2 is 1.95 bits per heavy atom. The maximum atomic E-state index is 13.1. The first kappa shape index (κ1) is 14.0. The summed E-state index contributed by atoms with van der Waals surface area (Å²) in [6.07, 6.45) is 1.88. The fraction of sp³-hybridized carbons (Fsp3) is 0.625. The first-order valence-electron chi connectivity index (χ1n) is 7.49. The number of nitrogens with zero attached hydrogens (tertiary/aromatic N) is 1. The molecule has 5 unspecified atom stereocenters. The highest BCUT2D eigenvalue weighted by molar-refractivity contribution is 5.22. The second-order valence-corrected chi connectivity index (χ2v) is 6.38. The number of aliphatic hydroxyl groups is 1. The topological polar surface area (TPSA) is 49.5 Å². The van der Waals surface area contributed by atoms with E-state index in [9.17, 15) is 9.50 Å². The Kier molecular flexibility index (Phi) is 3.80. The van der Waals surface area contributed by atoms with E-state index in [-0.39, 0.29) is 24.0 Å². The minimum Gasteiger partial charge on any atom is -0.393 e. The predicted molar refractivity (Wildman–Crippen MR) is 76.6 cm³/mol. The fourth-order valence-electron chi connectivity index (χ4n) is 4.01. The molecule has 0 bridgehead atoms. The number of nitrogens with two attached hydrogens (primary N) is 1. The van der Waals surface area contributed by atoms with Crippen LogP contribution in [0, 0.1) is 17.7 Å². The fourth-order valence-corrected chi connectivity index (χ4v) is 4.01. The van der Waals surface area contributed by atoms with Crippen molar-refractivity contribution in [3.63, 3.8) is 0 Å². The van der Waals surface area contributed by atoms with Gasteiger partial charge >= 0.3 is 0 Å². The molecule has 1 aromatic rings. The van der Waals surface area contributed by atoms with Crippen LogP contribution in [0.3, 0.4) is 0 Å². The van der Waals surface area contributed by atoms with Crippen molar-refractivity contribution in [2.24, 2.45) is 17.6 Å². The zero-order chi connectivity index (χ0) is 14.3. The van der Waals surface area contributed by atoms with Gasteiger partial charge in [-0.2, -0.15) is 0 Å². The summed E-state index contributed by atoms with van der Waals surface area (Å²) in [4.78, 5) is 2.37. The van der Waals surface area contributed by atoms with Gasteiger partial charge in [-0.05, 0) is 43.4 Å². The lowest BCUT2D eigenvalue weighted by molar-refractivity contribution is 0.115. The first-order valence-corrected chi connectivity index (χ1v) is 7.49. The van der Waals surface area contributed by atoms with E-state index >= 15 is 0 Å². The molecule has 0 radical (unpaired) electrons. The molecule has 3 N–H and O–H groups in total. The molecule has 4 heteroatoms. The average Bonchev–Trinajstić information content (AvgIpc) is 2.95. The van der Waals surface area contributed by atoms with Gasteiger partial charge in [0.2, 0.25) is 0 Å². The van der Waals surface area contributed by atoms with Crippen LogP contribution < -0.4 is 5.73 Å². The minimum atomic E-state index is -0.217. The van der Waals surface area contributed by atoms with E-state index in [1.54, 1.807) is 0 Å². The quantitative estimate of drug-likeness (QED) is 0.888. The number of benzene rings is 1. The van der Waals surface area contributed by atoms with Crippen LogP contribution in [0.1, 0.15) is 31.4 Å². The highest BCUT2D eigenvalue weighted by Crippen LogP contribution is 2.41. The molecule has 1 aliphatic heterocycles. The zero-order valence-corrected chi connectivity index (χ0v) is 11.9. The van der Waals surface area contributed by atoms with Crippen LogP contribution in [0.2, 0.25) is 0 Å². The van der Waals surface area contributed by atoms with E-state index < -0.39 is 0 Å². The lowest BCUT2D eigenvalue weighted by Crippen LogP contribution is -2.39. The van der Waals surface area contributed by atoms with Gasteiger partial charge in [0.1, 0.15) is 5.82 Å². The van der Waals surface area contributed by atoms with Gasteiger partial charge in [-0.15, -0.1) is 0 Å². The standard InChI is InChI=1S/C16H23FN2O/c1-10(18)16(11-2-5-13(17)6-3-11)19-8-12-4-7-15(20)14(12)9-19/h2-3,5-6,10,12,14-16,20H,4,7-9,18H2,1H3. The van der Waals surface area contributed by atoms with E-state index in [1.807, 2.05) is 19.1 Å². The molecule has 3 rings (SSSR count). The van der Waals surface area contributed by atoms with Gasteiger partial charge in [0.25, 0.3) is 0 Å². The number of hydrogen-bond donors (Lipinski definition) is 2. The van der Waals surface area contributed by atoms with Crippen molar-refractivity contribution >= 4 is 0 Å². The third-order valence-electron chi connectivity index (χ3n) is 4.95. The summed E-state index contributed by atoms with van der Waals surface area (Å²) in [7, 11) is 0. The van der Waals surface area contributed by atoms with Crippen molar-refractivity contribution in [1.29, 1.82) is 0 Å². The van der Waals surface area contributed by atoms with Crippen molar-refractivity contribution in [1.82, 2.24) is 4.90 Å². The Morgan fingerprint density at radius 1 is 1.25 bits per heavy atom. The van der Waals surface area contributed by atoms with Gasteiger partial charge in [-0.3, -0.25) is 4.90 Å². The Bertz CT molecular complexity index is 462. The van der Waals surface area contributed by atoms with E-state index in [4.69, 9.17) is 5.73 Å². The Morgan fingerprint density at radius 3 is 2.55 bits per heavy atom. The number of hydrogen-bond acceptors (Lipinski definition) is 3. The predicted octanol–water partition coefficient (Wildman–Crippen LogP) is 1.92. The average molecular weight is 278 g/mol. The van der Waals surface area contributed by atoms with Gasteiger partial charge in [0, 0.05) is 31.1 Å². The lowest BCUT2D eigenvalue weighted by atomic mass is 9.99. The number of fused-ring (bicyclic) bond motifs is 1. The van der Waals surface area contributed by atoms with Crippen LogP contribution in [-0.4, -0.2) is 35.2 Å². The smallest absolute Gasteiger partial charge is 0.123 e. The van der Waals surface area contributed by atoms with Crippen molar-refractivity contribution in [3.8, 4) is 0 Å². The van der Waals surface area contributed by atoms with E-state index in [1.165, 1.54) is 12.1 Å². The molecule has 2 fully saturated rings.